The van der Waals surface area contributed by atoms with Crippen molar-refractivity contribution in [2.75, 3.05) is 5.32 Å². The second-order valence-electron chi connectivity index (χ2n) is 4.28. The van der Waals surface area contributed by atoms with Crippen molar-refractivity contribution in [2.24, 2.45) is 7.05 Å². The van der Waals surface area contributed by atoms with E-state index in [2.05, 4.69) is 20.3 Å². The Bertz CT molecular complexity index is 876. The fourth-order valence-electron chi connectivity index (χ4n) is 1.82. The Morgan fingerprint density at radius 3 is 3.00 bits per heavy atom. The van der Waals surface area contributed by atoms with Crippen LogP contribution in [-0.4, -0.2) is 24.6 Å². The van der Waals surface area contributed by atoms with Crippen LogP contribution in [0.4, 0.5) is 10.9 Å². The molecule has 0 amide bonds. The third-order valence-corrected chi connectivity index (χ3v) is 3.81. The molecule has 0 saturated heterocycles. The van der Waals surface area contributed by atoms with Crippen molar-refractivity contribution in [1.82, 2.24) is 19.5 Å². The average molecular weight is 324 g/mol. The molecular formula is C12H10ClN5O2S. The highest BCUT2D eigenvalue weighted by atomic mass is 35.5. The van der Waals surface area contributed by atoms with E-state index in [1.54, 1.807) is 12.4 Å². The molecule has 0 spiro atoms. The second kappa shape index (κ2) is 5.40. The summed E-state index contributed by atoms with van der Waals surface area (Å²) in [4.78, 5) is 24.7. The molecule has 0 unspecified atom stereocenters. The van der Waals surface area contributed by atoms with Gasteiger partial charge in [0.25, 0.3) is 5.56 Å². The number of hydrogen-bond acceptors (Lipinski definition) is 7. The van der Waals surface area contributed by atoms with Gasteiger partial charge in [0.05, 0.1) is 24.1 Å². The van der Waals surface area contributed by atoms with Gasteiger partial charge in [-0.25, -0.2) is 15.0 Å². The molecule has 0 bridgehead atoms. The van der Waals surface area contributed by atoms with Gasteiger partial charge in [0.15, 0.2) is 5.13 Å². The lowest BCUT2D eigenvalue weighted by atomic mass is 10.3. The third-order valence-electron chi connectivity index (χ3n) is 2.81. The first-order chi connectivity index (χ1) is 10.1. The van der Waals surface area contributed by atoms with Crippen molar-refractivity contribution in [3.63, 3.8) is 0 Å². The highest BCUT2D eigenvalue weighted by Gasteiger charge is 2.13. The number of aryl methyl sites for hydroxylation is 1. The van der Waals surface area contributed by atoms with Gasteiger partial charge in [0.2, 0.25) is 0 Å². The van der Waals surface area contributed by atoms with Crippen LogP contribution < -0.4 is 10.9 Å². The Labute approximate surface area is 127 Å². The minimum absolute atomic E-state index is 0.148. The van der Waals surface area contributed by atoms with E-state index in [1.807, 2.05) is 0 Å². The second-order valence-corrected chi connectivity index (χ2v) is 5.52. The molecule has 21 heavy (non-hydrogen) atoms. The molecule has 0 saturated carbocycles. The number of nitrogens with zero attached hydrogens (tertiary/aromatic N) is 4. The summed E-state index contributed by atoms with van der Waals surface area (Å²) in [6, 6.07) is 1.53. The monoisotopic (exact) mass is 323 g/mol. The topological polar surface area (TPSA) is 92.9 Å². The maximum absolute atomic E-state index is 12.3. The van der Waals surface area contributed by atoms with Crippen LogP contribution in [0.5, 0.6) is 0 Å². The van der Waals surface area contributed by atoms with Crippen LogP contribution >= 0.6 is 22.9 Å². The van der Waals surface area contributed by atoms with Crippen molar-refractivity contribution >= 4 is 44.8 Å². The number of aliphatic hydroxyl groups is 1. The average Bonchev–Trinajstić information content (AvgIpc) is 2.90. The van der Waals surface area contributed by atoms with Gasteiger partial charge in [0, 0.05) is 18.5 Å². The zero-order valence-electron chi connectivity index (χ0n) is 10.9. The van der Waals surface area contributed by atoms with E-state index >= 15 is 0 Å². The summed E-state index contributed by atoms with van der Waals surface area (Å²) in [5.74, 6) is 0.296. The smallest absolute Gasteiger partial charge is 0.264 e. The Morgan fingerprint density at radius 2 is 2.29 bits per heavy atom. The summed E-state index contributed by atoms with van der Waals surface area (Å²) in [5.41, 5.74) is 0.769. The van der Waals surface area contributed by atoms with E-state index in [4.69, 9.17) is 16.7 Å². The molecule has 2 N–H and O–H groups in total. The summed E-state index contributed by atoms with van der Waals surface area (Å²) >= 11 is 7.26. The lowest BCUT2D eigenvalue weighted by Gasteiger charge is -2.07. The maximum Gasteiger partial charge on any atom is 0.264 e. The van der Waals surface area contributed by atoms with E-state index in [1.165, 1.54) is 28.3 Å². The SMILES string of the molecule is Cn1cnc2cc(Cl)nc(Nc3nc(CO)cs3)c2c1=O. The highest BCUT2D eigenvalue weighted by molar-refractivity contribution is 7.13. The Morgan fingerprint density at radius 1 is 1.48 bits per heavy atom. The molecule has 0 aliphatic carbocycles. The number of rotatable bonds is 3. The number of fused-ring (bicyclic) bond motifs is 1. The van der Waals surface area contributed by atoms with E-state index in [9.17, 15) is 4.79 Å². The van der Waals surface area contributed by atoms with Crippen LogP contribution in [-0.2, 0) is 13.7 Å². The van der Waals surface area contributed by atoms with Gasteiger partial charge in [-0.2, -0.15) is 0 Å². The van der Waals surface area contributed by atoms with Crippen molar-refractivity contribution in [3.8, 4) is 0 Å². The van der Waals surface area contributed by atoms with E-state index in [-0.39, 0.29) is 17.3 Å². The van der Waals surface area contributed by atoms with E-state index in [0.29, 0.717) is 27.5 Å². The highest BCUT2D eigenvalue weighted by Crippen LogP contribution is 2.25. The first-order valence-electron chi connectivity index (χ1n) is 5.92. The molecule has 3 aromatic heterocycles. The van der Waals surface area contributed by atoms with Crippen LogP contribution in [0.2, 0.25) is 5.15 Å². The summed E-state index contributed by atoms with van der Waals surface area (Å²) < 4.78 is 1.37. The minimum atomic E-state index is -0.231. The lowest BCUT2D eigenvalue weighted by Crippen LogP contribution is -2.18. The number of anilines is 2. The molecule has 3 heterocycles. The number of aromatic nitrogens is 4. The molecule has 0 aliphatic rings. The Hall–Kier alpha value is -2.03. The Balaban J connectivity index is 2.16. The molecular weight excluding hydrogens is 314 g/mol. The quantitative estimate of drug-likeness (QED) is 0.712. The fourth-order valence-corrected chi connectivity index (χ4v) is 2.71. The van der Waals surface area contributed by atoms with Crippen LogP contribution in [0.3, 0.4) is 0 Å². The zero-order valence-corrected chi connectivity index (χ0v) is 12.4. The zero-order chi connectivity index (χ0) is 15.0. The molecule has 7 nitrogen and oxygen atoms in total. The molecule has 3 rings (SSSR count). The van der Waals surface area contributed by atoms with Crippen LogP contribution in [0.25, 0.3) is 10.9 Å². The van der Waals surface area contributed by atoms with Crippen LogP contribution in [0, 0.1) is 0 Å². The van der Waals surface area contributed by atoms with Gasteiger partial charge in [0.1, 0.15) is 16.4 Å². The van der Waals surface area contributed by atoms with Crippen LogP contribution in [0.1, 0.15) is 5.69 Å². The van der Waals surface area contributed by atoms with Gasteiger partial charge in [-0.1, -0.05) is 11.6 Å². The largest absolute Gasteiger partial charge is 0.390 e. The van der Waals surface area contributed by atoms with E-state index < -0.39 is 0 Å². The normalized spacial score (nSPS) is 11.0. The molecule has 108 valence electrons. The lowest BCUT2D eigenvalue weighted by molar-refractivity contribution is 0.278. The molecule has 0 aromatic carbocycles. The minimum Gasteiger partial charge on any atom is -0.390 e. The number of aliphatic hydroxyl groups excluding tert-OH is 1. The first-order valence-corrected chi connectivity index (χ1v) is 7.18. The number of hydrogen-bond donors (Lipinski definition) is 2. The van der Waals surface area contributed by atoms with Gasteiger partial charge in [-0.15, -0.1) is 11.3 Å². The van der Waals surface area contributed by atoms with Gasteiger partial charge >= 0.3 is 0 Å². The molecule has 3 aromatic rings. The fraction of sp³-hybridized carbons (Fsp3) is 0.167. The third kappa shape index (κ3) is 2.60. The number of nitrogens with one attached hydrogen (secondary N) is 1. The van der Waals surface area contributed by atoms with E-state index in [0.717, 1.165) is 0 Å². The summed E-state index contributed by atoms with van der Waals surface area (Å²) in [6.45, 7) is -0.148. The van der Waals surface area contributed by atoms with Crippen molar-refractivity contribution < 1.29 is 5.11 Å². The Kier molecular flexibility index (Phi) is 3.58. The molecule has 9 heteroatoms. The number of halogens is 1. The summed E-state index contributed by atoms with van der Waals surface area (Å²) in [5, 5.41) is 14.8. The predicted octanol–water partition coefficient (Wildman–Crippen LogP) is 1.67. The maximum atomic E-state index is 12.3. The molecule has 0 radical (unpaired) electrons. The number of thiazole rings is 1. The predicted molar refractivity (Wildman–Crippen MR) is 81.1 cm³/mol. The molecule has 0 atom stereocenters. The summed E-state index contributed by atoms with van der Waals surface area (Å²) in [6.07, 6.45) is 1.43. The summed E-state index contributed by atoms with van der Waals surface area (Å²) in [7, 11) is 1.61. The van der Waals surface area contributed by atoms with Crippen molar-refractivity contribution in [3.05, 3.63) is 39.0 Å². The molecule has 0 fully saturated rings. The van der Waals surface area contributed by atoms with Crippen molar-refractivity contribution in [1.29, 1.82) is 0 Å². The van der Waals surface area contributed by atoms with Gasteiger partial charge in [-0.05, 0) is 0 Å². The number of pyridine rings is 1. The standard InChI is InChI=1S/C12H10ClN5O2S/c1-18-5-14-7-2-8(13)16-10(9(7)11(18)20)17-12-15-6(3-19)4-21-12/h2,4-5,19H,3H2,1H3,(H,15,16,17). The van der Waals surface area contributed by atoms with Gasteiger partial charge in [-0.3, -0.25) is 4.79 Å². The van der Waals surface area contributed by atoms with Crippen molar-refractivity contribution in [2.45, 2.75) is 6.61 Å². The first kappa shape index (κ1) is 13.9. The van der Waals surface area contributed by atoms with Gasteiger partial charge < -0.3 is 15.0 Å². The molecule has 0 aliphatic heterocycles. The van der Waals surface area contributed by atoms with Crippen LogP contribution in [0.15, 0.2) is 22.6 Å².